The zero-order chi connectivity index (χ0) is 17.1. The molecule has 3 N–H and O–H groups in total. The number of aromatic nitrogens is 2. The lowest BCUT2D eigenvalue weighted by molar-refractivity contribution is 0.244. The third-order valence-electron chi connectivity index (χ3n) is 3.89. The van der Waals surface area contributed by atoms with Crippen molar-refractivity contribution < 1.29 is 4.79 Å². The van der Waals surface area contributed by atoms with Gasteiger partial charge in [0.25, 0.3) is 0 Å². The van der Waals surface area contributed by atoms with Gasteiger partial charge in [0.15, 0.2) is 0 Å². The molecular weight excluding hydrogens is 324 g/mol. The van der Waals surface area contributed by atoms with Crippen molar-refractivity contribution in [2.75, 3.05) is 5.32 Å². The number of amides is 2. The summed E-state index contributed by atoms with van der Waals surface area (Å²) in [5, 5.41) is 7.39. The number of nitrogens with one attached hydrogen (secondary N) is 3. The molecule has 2 heterocycles. The van der Waals surface area contributed by atoms with Crippen LogP contribution in [0.2, 0.25) is 5.02 Å². The molecule has 0 spiro atoms. The number of halogens is 1. The number of rotatable bonds is 4. The van der Waals surface area contributed by atoms with Crippen molar-refractivity contribution in [3.8, 4) is 0 Å². The van der Waals surface area contributed by atoms with Crippen LogP contribution in [0, 0.1) is 5.92 Å². The summed E-state index contributed by atoms with van der Waals surface area (Å²) in [6.45, 7) is 4.13. The van der Waals surface area contributed by atoms with Gasteiger partial charge in [-0.2, -0.15) is 0 Å². The van der Waals surface area contributed by atoms with E-state index in [4.69, 9.17) is 11.6 Å². The number of carbonyl (C=O) groups is 1. The van der Waals surface area contributed by atoms with Gasteiger partial charge in [-0.25, -0.2) is 4.79 Å². The number of pyridine rings is 1. The van der Waals surface area contributed by atoms with Crippen molar-refractivity contribution in [3.05, 3.63) is 59.5 Å². The second-order valence-corrected chi connectivity index (χ2v) is 6.40. The van der Waals surface area contributed by atoms with Crippen LogP contribution >= 0.6 is 11.6 Å². The minimum atomic E-state index is -0.271. The van der Waals surface area contributed by atoms with E-state index < -0.39 is 0 Å². The first-order valence-corrected chi connectivity index (χ1v) is 8.16. The van der Waals surface area contributed by atoms with Crippen LogP contribution in [0.15, 0.2) is 48.9 Å². The fraction of sp³-hybridized carbons (Fsp3) is 0.222. The van der Waals surface area contributed by atoms with E-state index in [1.54, 1.807) is 18.5 Å². The molecule has 1 unspecified atom stereocenters. The third-order valence-corrected chi connectivity index (χ3v) is 4.21. The summed E-state index contributed by atoms with van der Waals surface area (Å²) < 4.78 is 0. The Hall–Kier alpha value is -2.53. The second-order valence-electron chi connectivity index (χ2n) is 6.00. The highest BCUT2D eigenvalue weighted by Gasteiger charge is 2.18. The molecule has 1 atom stereocenters. The molecule has 0 aliphatic carbocycles. The molecule has 24 heavy (non-hydrogen) atoms. The highest BCUT2D eigenvalue weighted by atomic mass is 35.5. The van der Waals surface area contributed by atoms with Crippen molar-refractivity contribution >= 4 is 34.2 Å². The number of hydrogen-bond acceptors (Lipinski definition) is 2. The molecule has 2 amide bonds. The lowest BCUT2D eigenvalue weighted by Crippen LogP contribution is -2.35. The lowest BCUT2D eigenvalue weighted by Gasteiger charge is -2.23. The molecule has 0 saturated carbocycles. The van der Waals surface area contributed by atoms with E-state index in [-0.39, 0.29) is 18.0 Å². The maximum atomic E-state index is 12.4. The Morgan fingerprint density at radius 1 is 1.21 bits per heavy atom. The highest BCUT2D eigenvalue weighted by molar-refractivity contribution is 6.35. The third kappa shape index (κ3) is 3.51. The zero-order valence-corrected chi connectivity index (χ0v) is 14.3. The Morgan fingerprint density at radius 3 is 2.67 bits per heavy atom. The summed E-state index contributed by atoms with van der Waals surface area (Å²) >= 11 is 6.24. The Morgan fingerprint density at radius 2 is 1.96 bits per heavy atom. The molecule has 0 fully saturated rings. The molecule has 0 bridgehead atoms. The summed E-state index contributed by atoms with van der Waals surface area (Å²) in [4.78, 5) is 19.5. The number of anilines is 1. The molecule has 1 aromatic carbocycles. The molecule has 5 nitrogen and oxygen atoms in total. The fourth-order valence-electron chi connectivity index (χ4n) is 2.71. The average Bonchev–Trinajstić information content (AvgIpc) is 3.02. The molecule has 0 saturated heterocycles. The average molecular weight is 343 g/mol. The quantitative estimate of drug-likeness (QED) is 0.641. The van der Waals surface area contributed by atoms with Gasteiger partial charge in [-0.05, 0) is 41.8 Å². The van der Waals surface area contributed by atoms with E-state index in [2.05, 4.69) is 34.4 Å². The van der Waals surface area contributed by atoms with Crippen LogP contribution in [0.4, 0.5) is 10.5 Å². The SMILES string of the molecule is CC(C)C(NC(=O)Nc1cc(Cl)c2cc[nH]c2c1)c1ccncc1. The first kappa shape index (κ1) is 16.3. The zero-order valence-electron chi connectivity index (χ0n) is 13.5. The summed E-state index contributed by atoms with van der Waals surface area (Å²) in [6, 6.07) is 8.95. The molecule has 6 heteroatoms. The fourth-order valence-corrected chi connectivity index (χ4v) is 2.99. The van der Waals surface area contributed by atoms with E-state index in [9.17, 15) is 4.79 Å². The van der Waals surface area contributed by atoms with Crippen LogP contribution in [0.5, 0.6) is 0 Å². The maximum Gasteiger partial charge on any atom is 0.319 e. The van der Waals surface area contributed by atoms with Gasteiger partial charge >= 0.3 is 6.03 Å². The van der Waals surface area contributed by atoms with Gasteiger partial charge in [-0.15, -0.1) is 0 Å². The molecule has 2 aromatic heterocycles. The van der Waals surface area contributed by atoms with E-state index in [0.29, 0.717) is 10.7 Å². The van der Waals surface area contributed by atoms with Crippen molar-refractivity contribution in [1.82, 2.24) is 15.3 Å². The molecule has 3 rings (SSSR count). The molecule has 3 aromatic rings. The number of urea groups is 1. The Bertz CT molecular complexity index is 845. The summed E-state index contributed by atoms with van der Waals surface area (Å²) in [7, 11) is 0. The molecule has 0 radical (unpaired) electrons. The number of carbonyl (C=O) groups excluding carboxylic acids is 1. The van der Waals surface area contributed by atoms with Crippen molar-refractivity contribution in [3.63, 3.8) is 0 Å². The number of hydrogen-bond donors (Lipinski definition) is 3. The monoisotopic (exact) mass is 342 g/mol. The highest BCUT2D eigenvalue weighted by Crippen LogP contribution is 2.27. The normalized spacial score (nSPS) is 12.3. The van der Waals surface area contributed by atoms with Crippen LogP contribution in [-0.4, -0.2) is 16.0 Å². The largest absolute Gasteiger partial charge is 0.361 e. The van der Waals surface area contributed by atoms with Crippen molar-refractivity contribution in [1.29, 1.82) is 0 Å². The summed E-state index contributed by atoms with van der Waals surface area (Å²) in [5.74, 6) is 0.243. The molecule has 0 aliphatic rings. The molecule has 0 aliphatic heterocycles. The van der Waals surface area contributed by atoms with Gasteiger partial charge in [0.2, 0.25) is 0 Å². The predicted octanol–water partition coefficient (Wildman–Crippen LogP) is 4.74. The first-order chi connectivity index (χ1) is 11.5. The standard InChI is InChI=1S/C18H19ClN4O/c1-11(2)17(12-3-6-20-7-4-12)23-18(24)22-13-9-15(19)14-5-8-21-16(14)10-13/h3-11,17,21H,1-2H3,(H2,22,23,24). The minimum absolute atomic E-state index is 0.0994. The lowest BCUT2D eigenvalue weighted by atomic mass is 9.97. The van der Waals surface area contributed by atoms with Gasteiger partial charge in [0.1, 0.15) is 0 Å². The Balaban J connectivity index is 1.75. The Kier molecular flexibility index (Phi) is 4.71. The predicted molar refractivity (Wildman–Crippen MR) is 97.3 cm³/mol. The van der Waals surface area contributed by atoms with Gasteiger partial charge in [-0.1, -0.05) is 25.4 Å². The van der Waals surface area contributed by atoms with Gasteiger partial charge < -0.3 is 15.6 Å². The van der Waals surface area contributed by atoms with E-state index in [1.165, 1.54) is 0 Å². The van der Waals surface area contributed by atoms with Gasteiger partial charge in [0, 0.05) is 35.2 Å². The summed E-state index contributed by atoms with van der Waals surface area (Å²) in [6.07, 6.45) is 5.27. The topological polar surface area (TPSA) is 69.8 Å². The first-order valence-electron chi connectivity index (χ1n) is 7.78. The number of H-pyrrole nitrogens is 1. The minimum Gasteiger partial charge on any atom is -0.361 e. The maximum absolute atomic E-state index is 12.4. The van der Waals surface area contributed by atoms with Crippen LogP contribution in [0.25, 0.3) is 10.9 Å². The van der Waals surface area contributed by atoms with Gasteiger partial charge in [0.05, 0.1) is 11.1 Å². The smallest absolute Gasteiger partial charge is 0.319 e. The second kappa shape index (κ2) is 6.93. The number of benzene rings is 1. The van der Waals surface area contributed by atoms with E-state index in [1.807, 2.05) is 30.5 Å². The van der Waals surface area contributed by atoms with Crippen molar-refractivity contribution in [2.45, 2.75) is 19.9 Å². The number of fused-ring (bicyclic) bond motifs is 1. The van der Waals surface area contributed by atoms with Crippen molar-refractivity contribution in [2.24, 2.45) is 5.92 Å². The van der Waals surface area contributed by atoms with Crippen LogP contribution in [0.1, 0.15) is 25.5 Å². The van der Waals surface area contributed by atoms with E-state index >= 15 is 0 Å². The van der Waals surface area contributed by atoms with Gasteiger partial charge in [-0.3, -0.25) is 4.98 Å². The summed E-state index contributed by atoms with van der Waals surface area (Å²) in [5.41, 5.74) is 2.55. The number of nitrogens with zero attached hydrogens (tertiary/aromatic N) is 1. The van der Waals surface area contributed by atoms with Crippen LogP contribution in [-0.2, 0) is 0 Å². The number of aromatic amines is 1. The van der Waals surface area contributed by atoms with E-state index in [0.717, 1.165) is 16.5 Å². The molecular formula is C18H19ClN4O. The Labute approximate surface area is 145 Å². The van der Waals surface area contributed by atoms with Crippen LogP contribution in [0.3, 0.4) is 0 Å². The van der Waals surface area contributed by atoms with Crippen LogP contribution < -0.4 is 10.6 Å². The molecule has 124 valence electrons.